The standard InChI is InChI=1S/C8H14N2OS2/c1-6(2)13-8(11)7(10-9)4-5-12-3/h6H,4-5H2,1-3H3. The van der Waals surface area contributed by atoms with E-state index in [1.54, 1.807) is 11.8 Å². The summed E-state index contributed by atoms with van der Waals surface area (Å²) in [6.45, 7) is 3.87. The zero-order valence-electron chi connectivity index (χ0n) is 8.11. The monoisotopic (exact) mass is 218 g/mol. The Hall–Kier alpha value is -0.250. The molecule has 0 fully saturated rings. The zero-order valence-corrected chi connectivity index (χ0v) is 9.74. The molecule has 0 heterocycles. The normalized spacial score (nSPS) is 9.85. The molecule has 0 aliphatic carbocycles. The Bertz CT molecular complexity index is 222. The van der Waals surface area contributed by atoms with E-state index < -0.39 is 0 Å². The first-order valence-corrected chi connectivity index (χ1v) is 6.30. The number of rotatable bonds is 5. The summed E-state index contributed by atoms with van der Waals surface area (Å²) in [4.78, 5) is 14.4. The van der Waals surface area contributed by atoms with E-state index in [1.807, 2.05) is 20.1 Å². The Morgan fingerprint density at radius 1 is 1.54 bits per heavy atom. The minimum absolute atomic E-state index is 0.119. The van der Waals surface area contributed by atoms with Crippen molar-refractivity contribution in [2.45, 2.75) is 25.5 Å². The van der Waals surface area contributed by atoms with Gasteiger partial charge in [0.05, 0.1) is 6.42 Å². The summed E-state index contributed by atoms with van der Waals surface area (Å²) >= 11 is 2.83. The number of thioether (sulfide) groups is 2. The van der Waals surface area contributed by atoms with Gasteiger partial charge >= 0.3 is 5.71 Å². The molecule has 0 aromatic carbocycles. The Labute approximate surface area is 87.3 Å². The van der Waals surface area contributed by atoms with E-state index in [0.29, 0.717) is 6.42 Å². The van der Waals surface area contributed by atoms with Crippen molar-refractivity contribution in [1.29, 1.82) is 0 Å². The van der Waals surface area contributed by atoms with Crippen LogP contribution in [-0.4, -0.2) is 32.9 Å². The first kappa shape index (κ1) is 12.8. The lowest BCUT2D eigenvalue weighted by atomic mass is 10.3. The molecule has 5 heteroatoms. The summed E-state index contributed by atoms with van der Waals surface area (Å²) in [6, 6.07) is 0. The highest BCUT2D eigenvalue weighted by Gasteiger charge is 2.20. The van der Waals surface area contributed by atoms with Crippen LogP contribution < -0.4 is 0 Å². The lowest BCUT2D eigenvalue weighted by Crippen LogP contribution is -2.14. The third-order valence-corrected chi connectivity index (χ3v) is 2.78. The Morgan fingerprint density at radius 2 is 2.15 bits per heavy atom. The Balaban J connectivity index is 4.10. The van der Waals surface area contributed by atoms with Crippen molar-refractivity contribution in [2.75, 3.05) is 12.0 Å². The SMILES string of the molecule is CSCCC(=[N+]=[N-])C(=O)SC(C)C. The molecule has 0 atom stereocenters. The second-order valence-corrected chi connectivity index (χ2v) is 5.28. The van der Waals surface area contributed by atoms with E-state index in [2.05, 4.69) is 4.79 Å². The van der Waals surface area contributed by atoms with Crippen molar-refractivity contribution in [3.63, 3.8) is 0 Å². The summed E-state index contributed by atoms with van der Waals surface area (Å²) < 4.78 is 0. The summed E-state index contributed by atoms with van der Waals surface area (Å²) in [5.41, 5.74) is 8.85. The molecule has 0 aliphatic rings. The molecule has 0 rings (SSSR count). The number of carbonyl (C=O) groups excluding carboxylic acids is 1. The van der Waals surface area contributed by atoms with E-state index in [9.17, 15) is 4.79 Å². The molecule has 13 heavy (non-hydrogen) atoms. The average molecular weight is 218 g/mol. The van der Waals surface area contributed by atoms with Crippen LogP contribution in [-0.2, 0) is 4.79 Å². The van der Waals surface area contributed by atoms with Gasteiger partial charge < -0.3 is 5.53 Å². The molecular weight excluding hydrogens is 204 g/mol. The van der Waals surface area contributed by atoms with E-state index in [-0.39, 0.29) is 16.1 Å². The molecular formula is C8H14N2OS2. The first-order chi connectivity index (χ1) is 6.11. The van der Waals surface area contributed by atoms with Crippen LogP contribution in [0.2, 0.25) is 0 Å². The molecule has 0 radical (unpaired) electrons. The maximum absolute atomic E-state index is 11.4. The molecule has 0 spiro atoms. The minimum Gasteiger partial charge on any atom is -0.361 e. The fraction of sp³-hybridized carbons (Fsp3) is 0.750. The van der Waals surface area contributed by atoms with Crippen LogP contribution in [0.25, 0.3) is 5.53 Å². The molecule has 3 nitrogen and oxygen atoms in total. The molecule has 0 amide bonds. The predicted molar refractivity (Wildman–Crippen MR) is 59.4 cm³/mol. The number of hydrogen-bond acceptors (Lipinski definition) is 3. The van der Waals surface area contributed by atoms with Gasteiger partial charge in [0, 0.05) is 11.0 Å². The topological polar surface area (TPSA) is 53.5 Å². The summed E-state index contributed by atoms with van der Waals surface area (Å²) in [5.74, 6) is 0.809. The number of carbonyl (C=O) groups is 1. The smallest absolute Gasteiger partial charge is 0.346 e. The van der Waals surface area contributed by atoms with Crippen molar-refractivity contribution in [3.05, 3.63) is 5.53 Å². The summed E-state index contributed by atoms with van der Waals surface area (Å²) in [5, 5.41) is 0.116. The highest BCUT2D eigenvalue weighted by atomic mass is 32.2. The minimum atomic E-state index is -0.119. The van der Waals surface area contributed by atoms with Crippen molar-refractivity contribution < 1.29 is 9.58 Å². The fourth-order valence-corrected chi connectivity index (χ4v) is 1.78. The van der Waals surface area contributed by atoms with Gasteiger partial charge in [-0.3, -0.25) is 4.79 Å². The van der Waals surface area contributed by atoms with Crippen molar-refractivity contribution >= 4 is 34.4 Å². The molecule has 0 bridgehead atoms. The van der Waals surface area contributed by atoms with Crippen LogP contribution >= 0.6 is 23.5 Å². The zero-order chi connectivity index (χ0) is 10.3. The van der Waals surface area contributed by atoms with Crippen molar-refractivity contribution in [3.8, 4) is 0 Å². The van der Waals surface area contributed by atoms with Crippen LogP contribution in [0.5, 0.6) is 0 Å². The Morgan fingerprint density at radius 3 is 2.54 bits per heavy atom. The van der Waals surface area contributed by atoms with Gasteiger partial charge in [0.1, 0.15) is 0 Å². The molecule has 0 aromatic rings. The predicted octanol–water partition coefficient (Wildman–Crippen LogP) is 2.08. The fourth-order valence-electron chi connectivity index (χ4n) is 0.674. The molecule has 74 valence electrons. The molecule has 0 aromatic heterocycles. The van der Waals surface area contributed by atoms with Crippen molar-refractivity contribution in [2.24, 2.45) is 0 Å². The van der Waals surface area contributed by atoms with E-state index >= 15 is 0 Å². The van der Waals surface area contributed by atoms with Gasteiger partial charge in [-0.15, -0.1) is 0 Å². The second-order valence-electron chi connectivity index (χ2n) is 2.74. The van der Waals surface area contributed by atoms with Crippen LogP contribution in [0.4, 0.5) is 0 Å². The van der Waals surface area contributed by atoms with Gasteiger partial charge in [0.25, 0.3) is 5.12 Å². The van der Waals surface area contributed by atoms with Gasteiger partial charge in [-0.2, -0.15) is 16.6 Å². The molecule has 0 saturated carbocycles. The molecule has 0 saturated heterocycles. The molecule has 0 N–H and O–H groups in total. The quantitative estimate of drug-likeness (QED) is 0.403. The number of nitrogens with zero attached hydrogens (tertiary/aromatic N) is 2. The molecule has 0 unspecified atom stereocenters. The third-order valence-electron chi connectivity index (χ3n) is 1.24. The van der Waals surface area contributed by atoms with Gasteiger partial charge in [-0.1, -0.05) is 25.6 Å². The summed E-state index contributed by atoms with van der Waals surface area (Å²) in [6.07, 6.45) is 2.49. The first-order valence-electron chi connectivity index (χ1n) is 4.02. The lowest BCUT2D eigenvalue weighted by Gasteiger charge is -1.98. The lowest BCUT2D eigenvalue weighted by molar-refractivity contribution is -0.110. The number of hydrogen-bond donors (Lipinski definition) is 0. The average Bonchev–Trinajstić information content (AvgIpc) is 2.04. The van der Waals surface area contributed by atoms with E-state index in [1.165, 1.54) is 11.8 Å². The van der Waals surface area contributed by atoms with Crippen LogP contribution in [0, 0.1) is 0 Å². The third kappa shape index (κ3) is 5.91. The van der Waals surface area contributed by atoms with E-state index in [0.717, 1.165) is 5.75 Å². The maximum atomic E-state index is 11.4. The Kier molecular flexibility index (Phi) is 7.04. The van der Waals surface area contributed by atoms with Crippen LogP contribution in [0.1, 0.15) is 20.3 Å². The highest BCUT2D eigenvalue weighted by Crippen LogP contribution is 2.12. The largest absolute Gasteiger partial charge is 0.361 e. The molecule has 0 aliphatic heterocycles. The van der Waals surface area contributed by atoms with Gasteiger partial charge in [-0.25, -0.2) is 0 Å². The van der Waals surface area contributed by atoms with Gasteiger partial charge in [0.2, 0.25) is 0 Å². The van der Waals surface area contributed by atoms with Gasteiger partial charge in [-0.05, 0) is 6.26 Å². The van der Waals surface area contributed by atoms with Crippen LogP contribution in [0.3, 0.4) is 0 Å². The highest BCUT2D eigenvalue weighted by molar-refractivity contribution is 8.15. The van der Waals surface area contributed by atoms with Gasteiger partial charge in [0.15, 0.2) is 0 Å². The van der Waals surface area contributed by atoms with Crippen LogP contribution in [0.15, 0.2) is 0 Å². The van der Waals surface area contributed by atoms with E-state index in [4.69, 9.17) is 5.53 Å². The summed E-state index contributed by atoms with van der Waals surface area (Å²) in [7, 11) is 0. The van der Waals surface area contributed by atoms with Crippen molar-refractivity contribution in [1.82, 2.24) is 0 Å². The second kappa shape index (κ2) is 7.18. The maximum Gasteiger partial charge on any atom is 0.346 e.